The van der Waals surface area contributed by atoms with Crippen molar-refractivity contribution in [2.45, 2.75) is 6.61 Å². The summed E-state index contributed by atoms with van der Waals surface area (Å²) in [6.45, 7) is -0.00119. The Labute approximate surface area is 99.9 Å². The molecule has 2 rings (SSSR count). The fourth-order valence-electron chi connectivity index (χ4n) is 1.06. The summed E-state index contributed by atoms with van der Waals surface area (Å²) < 4.78 is 9.94. The molecule has 0 saturated carbocycles. The van der Waals surface area contributed by atoms with Gasteiger partial charge in [-0.15, -0.1) is 5.10 Å². The van der Waals surface area contributed by atoms with Crippen molar-refractivity contribution in [2.24, 2.45) is 0 Å². The number of rotatable bonds is 3. The number of nitrogens with one attached hydrogen (secondary N) is 1. The molecule has 0 spiro atoms. The van der Waals surface area contributed by atoms with Crippen LogP contribution in [-0.4, -0.2) is 10.2 Å². The first kappa shape index (κ1) is 11.0. The molecule has 0 radical (unpaired) electrons. The first-order chi connectivity index (χ1) is 7.66. The van der Waals surface area contributed by atoms with Gasteiger partial charge in [0.1, 0.15) is 10.8 Å². The van der Waals surface area contributed by atoms with Crippen molar-refractivity contribution in [2.75, 3.05) is 0 Å². The van der Waals surface area contributed by atoms with Gasteiger partial charge >= 0.3 is 5.76 Å². The molecule has 1 heterocycles. The largest absolute Gasteiger partial charge is 0.482 e. The number of halogens is 2. The minimum atomic E-state index is -0.629. The molecule has 7 heteroatoms. The predicted molar refractivity (Wildman–Crippen MR) is 57.9 cm³/mol. The highest BCUT2D eigenvalue weighted by Crippen LogP contribution is 2.31. The summed E-state index contributed by atoms with van der Waals surface area (Å²) in [5, 5.41) is 6.40. The molecule has 0 amide bonds. The third-order valence-electron chi connectivity index (χ3n) is 1.75. The number of benzene rings is 1. The topological polar surface area (TPSA) is 68.1 Å². The van der Waals surface area contributed by atoms with Crippen LogP contribution in [0.15, 0.2) is 27.4 Å². The lowest BCUT2D eigenvalue weighted by Gasteiger charge is -2.05. The molecule has 0 unspecified atom stereocenters. The molecule has 0 bridgehead atoms. The Bertz CT molecular complexity index is 550. The smallest absolute Gasteiger partial charge is 0.434 e. The van der Waals surface area contributed by atoms with Crippen LogP contribution in [0.25, 0.3) is 0 Å². The van der Waals surface area contributed by atoms with E-state index < -0.39 is 5.76 Å². The van der Waals surface area contributed by atoms with E-state index in [2.05, 4.69) is 14.6 Å². The highest BCUT2D eigenvalue weighted by molar-refractivity contribution is 6.42. The van der Waals surface area contributed by atoms with Gasteiger partial charge in [-0.1, -0.05) is 29.3 Å². The van der Waals surface area contributed by atoms with Gasteiger partial charge in [-0.3, -0.25) is 0 Å². The van der Waals surface area contributed by atoms with Crippen LogP contribution in [0.2, 0.25) is 10.0 Å². The summed E-state index contributed by atoms with van der Waals surface area (Å²) >= 11 is 11.7. The van der Waals surface area contributed by atoms with E-state index in [1.165, 1.54) is 0 Å². The number of aromatic nitrogens is 2. The van der Waals surface area contributed by atoms with Crippen molar-refractivity contribution in [3.05, 3.63) is 44.7 Å². The van der Waals surface area contributed by atoms with E-state index in [9.17, 15) is 4.79 Å². The Morgan fingerprint density at radius 1 is 1.44 bits per heavy atom. The minimum absolute atomic E-state index is 0.00119. The molecule has 0 fully saturated rings. The monoisotopic (exact) mass is 260 g/mol. The zero-order chi connectivity index (χ0) is 11.5. The zero-order valence-electron chi connectivity index (χ0n) is 7.87. The van der Waals surface area contributed by atoms with Gasteiger partial charge in [0.25, 0.3) is 5.89 Å². The van der Waals surface area contributed by atoms with E-state index in [0.29, 0.717) is 15.8 Å². The first-order valence-corrected chi connectivity index (χ1v) is 5.03. The number of nitrogens with zero attached hydrogens (tertiary/aromatic N) is 1. The second-order valence-corrected chi connectivity index (χ2v) is 3.63. The maximum absolute atomic E-state index is 10.6. The summed E-state index contributed by atoms with van der Waals surface area (Å²) in [6, 6.07) is 4.99. The first-order valence-electron chi connectivity index (χ1n) is 4.28. The Kier molecular flexibility index (Phi) is 3.17. The summed E-state index contributed by atoms with van der Waals surface area (Å²) in [5.74, 6) is -0.0864. The van der Waals surface area contributed by atoms with Crippen LogP contribution >= 0.6 is 23.2 Å². The summed E-state index contributed by atoms with van der Waals surface area (Å²) in [6.07, 6.45) is 0. The molecule has 2 aromatic rings. The SMILES string of the molecule is O=c1[nH]nc(COc2cccc(Cl)c2Cl)o1. The molecule has 0 aliphatic carbocycles. The van der Waals surface area contributed by atoms with Crippen LogP contribution in [0.4, 0.5) is 0 Å². The average molecular weight is 261 g/mol. The van der Waals surface area contributed by atoms with Crippen molar-refractivity contribution >= 4 is 23.2 Å². The van der Waals surface area contributed by atoms with Crippen molar-refractivity contribution < 1.29 is 9.15 Å². The molecule has 1 aromatic heterocycles. The molecule has 84 valence electrons. The average Bonchev–Trinajstić information content (AvgIpc) is 2.67. The molecule has 0 aliphatic rings. The van der Waals surface area contributed by atoms with Gasteiger partial charge in [0, 0.05) is 0 Å². The van der Waals surface area contributed by atoms with E-state index in [0.717, 1.165) is 0 Å². The lowest BCUT2D eigenvalue weighted by Crippen LogP contribution is -1.96. The molecule has 0 saturated heterocycles. The highest BCUT2D eigenvalue weighted by atomic mass is 35.5. The van der Waals surface area contributed by atoms with Crippen molar-refractivity contribution in [3.63, 3.8) is 0 Å². The Hall–Kier alpha value is -1.46. The van der Waals surface area contributed by atoms with Gasteiger partial charge in [0.05, 0.1) is 5.02 Å². The van der Waals surface area contributed by atoms with Crippen molar-refractivity contribution in [1.82, 2.24) is 10.2 Å². The quantitative estimate of drug-likeness (QED) is 0.919. The molecule has 16 heavy (non-hydrogen) atoms. The second kappa shape index (κ2) is 4.59. The number of ether oxygens (including phenoxy) is 1. The van der Waals surface area contributed by atoms with Gasteiger partial charge in [0.2, 0.25) is 0 Å². The molecular weight excluding hydrogens is 255 g/mol. The van der Waals surface area contributed by atoms with E-state index in [4.69, 9.17) is 27.9 Å². The fraction of sp³-hybridized carbons (Fsp3) is 0.111. The molecule has 1 N–H and O–H groups in total. The molecular formula is C9H6Cl2N2O3. The minimum Gasteiger partial charge on any atom is -0.482 e. The standard InChI is InChI=1S/C9H6Cl2N2O3/c10-5-2-1-3-6(8(5)11)15-4-7-12-13-9(14)16-7/h1-3H,4H2,(H,13,14). The Morgan fingerprint density at radius 3 is 2.94 bits per heavy atom. The Morgan fingerprint density at radius 2 is 2.25 bits per heavy atom. The lowest BCUT2D eigenvalue weighted by atomic mass is 10.3. The van der Waals surface area contributed by atoms with Gasteiger partial charge < -0.3 is 9.15 Å². The number of H-pyrrole nitrogens is 1. The fourth-order valence-corrected chi connectivity index (χ4v) is 1.40. The summed E-state index contributed by atoms with van der Waals surface area (Å²) in [7, 11) is 0. The second-order valence-electron chi connectivity index (χ2n) is 2.85. The third-order valence-corrected chi connectivity index (χ3v) is 2.55. The van der Waals surface area contributed by atoms with E-state index in [-0.39, 0.29) is 12.5 Å². The van der Waals surface area contributed by atoms with Crippen molar-refractivity contribution in [3.8, 4) is 5.75 Å². The van der Waals surface area contributed by atoms with Crippen LogP contribution in [0.3, 0.4) is 0 Å². The van der Waals surface area contributed by atoms with Gasteiger partial charge in [0.15, 0.2) is 6.61 Å². The van der Waals surface area contributed by atoms with Crippen LogP contribution in [0.1, 0.15) is 5.89 Å². The van der Waals surface area contributed by atoms with Crippen LogP contribution in [-0.2, 0) is 6.61 Å². The molecule has 1 aromatic carbocycles. The lowest BCUT2D eigenvalue weighted by molar-refractivity contribution is 0.259. The maximum Gasteiger partial charge on any atom is 0.434 e. The van der Waals surface area contributed by atoms with Crippen molar-refractivity contribution in [1.29, 1.82) is 0 Å². The van der Waals surface area contributed by atoms with Gasteiger partial charge in [-0.05, 0) is 12.1 Å². The van der Waals surface area contributed by atoms with Crippen LogP contribution < -0.4 is 10.5 Å². The molecule has 0 aliphatic heterocycles. The Balaban J connectivity index is 2.10. The normalized spacial score (nSPS) is 10.4. The molecule has 0 atom stereocenters. The van der Waals surface area contributed by atoms with E-state index in [1.54, 1.807) is 18.2 Å². The van der Waals surface area contributed by atoms with Crippen LogP contribution in [0.5, 0.6) is 5.75 Å². The zero-order valence-corrected chi connectivity index (χ0v) is 9.38. The maximum atomic E-state index is 10.6. The van der Waals surface area contributed by atoms with Crippen LogP contribution in [0, 0.1) is 0 Å². The number of hydrogen-bond acceptors (Lipinski definition) is 4. The van der Waals surface area contributed by atoms with E-state index >= 15 is 0 Å². The summed E-state index contributed by atoms with van der Waals surface area (Å²) in [4.78, 5) is 10.6. The highest BCUT2D eigenvalue weighted by Gasteiger charge is 2.07. The number of hydrogen-bond donors (Lipinski definition) is 1. The van der Waals surface area contributed by atoms with Gasteiger partial charge in [-0.25, -0.2) is 9.89 Å². The predicted octanol–water partition coefficient (Wildman–Crippen LogP) is 2.25. The number of aromatic amines is 1. The third kappa shape index (κ3) is 2.37. The van der Waals surface area contributed by atoms with E-state index in [1.807, 2.05) is 0 Å². The molecule has 5 nitrogen and oxygen atoms in total. The summed E-state index contributed by atoms with van der Waals surface area (Å²) in [5.41, 5.74) is 0. The van der Waals surface area contributed by atoms with Gasteiger partial charge in [-0.2, -0.15) is 0 Å².